The first-order valence-electron chi connectivity index (χ1n) is 6.91. The third-order valence-electron chi connectivity index (χ3n) is 3.34. The molecule has 6 nitrogen and oxygen atoms in total. The second kappa shape index (κ2) is 7.94. The van der Waals surface area contributed by atoms with Gasteiger partial charge < -0.3 is 10.6 Å². The Balaban J connectivity index is 2.51. The van der Waals surface area contributed by atoms with E-state index in [1.807, 2.05) is 17.9 Å². The number of carbonyl (C=O) groups is 1. The van der Waals surface area contributed by atoms with E-state index < -0.39 is 12.2 Å². The van der Waals surface area contributed by atoms with Gasteiger partial charge in [-0.05, 0) is 26.8 Å². The number of piperazine rings is 1. The molecule has 0 radical (unpaired) electrons. The van der Waals surface area contributed by atoms with Crippen molar-refractivity contribution in [2.24, 2.45) is 16.0 Å². The quantitative estimate of drug-likeness (QED) is 0.744. The molecule has 0 aromatic rings. The number of primary amides is 1. The number of nitrogens with two attached hydrogens (primary N) is 1. The van der Waals surface area contributed by atoms with Crippen molar-refractivity contribution in [3.63, 3.8) is 0 Å². The highest BCUT2D eigenvalue weighted by Crippen LogP contribution is 2.13. The molecular weight excluding hydrogens is 261 g/mol. The van der Waals surface area contributed by atoms with Crippen molar-refractivity contribution in [1.82, 2.24) is 9.80 Å². The minimum atomic E-state index is -1.01. The highest BCUT2D eigenvalue weighted by Gasteiger charge is 2.19. The molecule has 0 bridgehead atoms. The number of halogens is 1. The molecule has 7 heteroatoms. The minimum Gasteiger partial charge on any atom is -0.369 e. The maximum Gasteiger partial charge on any atom is 0.231 e. The fourth-order valence-electron chi connectivity index (χ4n) is 1.90. The van der Waals surface area contributed by atoms with Gasteiger partial charge in [0.1, 0.15) is 12.0 Å². The number of amides is 1. The average molecular weight is 285 g/mol. The van der Waals surface area contributed by atoms with Crippen LogP contribution in [0.1, 0.15) is 20.8 Å². The molecule has 1 aliphatic heterocycles. The predicted molar refractivity (Wildman–Crippen MR) is 75.9 cm³/mol. The van der Waals surface area contributed by atoms with Crippen molar-refractivity contribution in [3.8, 4) is 0 Å². The summed E-state index contributed by atoms with van der Waals surface area (Å²) >= 11 is 0. The number of azo groups is 1. The summed E-state index contributed by atoms with van der Waals surface area (Å²) in [7, 11) is 0. The van der Waals surface area contributed by atoms with Crippen LogP contribution in [0.2, 0.25) is 0 Å². The van der Waals surface area contributed by atoms with Gasteiger partial charge in [-0.15, -0.1) is 5.11 Å². The zero-order valence-corrected chi connectivity index (χ0v) is 12.4. The summed E-state index contributed by atoms with van der Waals surface area (Å²) in [5, 5.41) is 8.12. The largest absolute Gasteiger partial charge is 0.369 e. The van der Waals surface area contributed by atoms with Crippen molar-refractivity contribution in [2.75, 3.05) is 32.7 Å². The molecule has 1 amide bonds. The summed E-state index contributed by atoms with van der Waals surface area (Å²) in [5.41, 5.74) is 5.18. The second-order valence-corrected chi connectivity index (χ2v) is 5.01. The molecule has 1 rings (SSSR count). The maximum absolute atomic E-state index is 13.0. The van der Waals surface area contributed by atoms with Crippen molar-refractivity contribution in [2.45, 2.75) is 33.0 Å². The lowest BCUT2D eigenvalue weighted by atomic mass is 10.2. The van der Waals surface area contributed by atoms with E-state index in [0.29, 0.717) is 0 Å². The Kier molecular flexibility index (Phi) is 6.57. The van der Waals surface area contributed by atoms with Gasteiger partial charge in [0.2, 0.25) is 5.91 Å². The third-order valence-corrected chi connectivity index (χ3v) is 3.34. The van der Waals surface area contributed by atoms with Crippen LogP contribution in [0, 0.1) is 0 Å². The summed E-state index contributed by atoms with van der Waals surface area (Å²) in [5.74, 6) is 0.436. The summed E-state index contributed by atoms with van der Waals surface area (Å²) in [6, 6.07) is -0.443. The monoisotopic (exact) mass is 285 g/mol. The Morgan fingerprint density at radius 1 is 1.35 bits per heavy atom. The van der Waals surface area contributed by atoms with Crippen LogP contribution in [-0.4, -0.2) is 60.6 Å². The lowest BCUT2D eigenvalue weighted by molar-refractivity contribution is -0.119. The number of allylic oxidation sites excluding steroid dienone is 1. The molecule has 0 spiro atoms. The topological polar surface area (TPSA) is 74.3 Å². The van der Waals surface area contributed by atoms with E-state index in [0.717, 1.165) is 32.0 Å². The first-order chi connectivity index (χ1) is 9.43. The SMILES string of the molecule is C/C=C(\N=N/C(C)C(C)F)N1CCN(CC(N)=O)CC1. The van der Waals surface area contributed by atoms with Crippen molar-refractivity contribution in [3.05, 3.63) is 11.9 Å². The molecule has 0 aromatic heterocycles. The summed E-state index contributed by atoms with van der Waals surface area (Å²) in [4.78, 5) is 15.0. The summed E-state index contributed by atoms with van der Waals surface area (Å²) in [6.07, 6.45) is 0.854. The Bertz CT molecular complexity index is 375. The van der Waals surface area contributed by atoms with Gasteiger partial charge in [-0.25, -0.2) is 4.39 Å². The van der Waals surface area contributed by atoms with Gasteiger partial charge in [0, 0.05) is 26.2 Å². The van der Waals surface area contributed by atoms with Crippen LogP contribution in [0.4, 0.5) is 4.39 Å². The molecule has 1 saturated heterocycles. The molecule has 2 unspecified atom stereocenters. The van der Waals surface area contributed by atoms with Crippen molar-refractivity contribution >= 4 is 5.91 Å². The van der Waals surface area contributed by atoms with Gasteiger partial charge in [-0.3, -0.25) is 9.69 Å². The van der Waals surface area contributed by atoms with Crippen LogP contribution in [0.3, 0.4) is 0 Å². The smallest absolute Gasteiger partial charge is 0.231 e. The zero-order valence-electron chi connectivity index (χ0n) is 12.4. The molecular formula is C13H24FN5O. The molecule has 2 atom stereocenters. The fourth-order valence-corrected chi connectivity index (χ4v) is 1.90. The van der Waals surface area contributed by atoms with Crippen LogP contribution < -0.4 is 5.73 Å². The Morgan fingerprint density at radius 2 is 1.95 bits per heavy atom. The van der Waals surface area contributed by atoms with Gasteiger partial charge in [-0.2, -0.15) is 5.11 Å². The van der Waals surface area contributed by atoms with Gasteiger partial charge in [0.15, 0.2) is 0 Å². The van der Waals surface area contributed by atoms with Crippen LogP contribution in [0.5, 0.6) is 0 Å². The normalized spacial score (nSPS) is 21.2. The molecule has 2 N–H and O–H groups in total. The second-order valence-electron chi connectivity index (χ2n) is 5.01. The van der Waals surface area contributed by atoms with Crippen LogP contribution in [0.15, 0.2) is 22.1 Å². The summed E-state index contributed by atoms with van der Waals surface area (Å²) in [6.45, 7) is 8.37. The molecule has 0 aliphatic carbocycles. The fraction of sp³-hybridized carbons (Fsp3) is 0.769. The molecule has 1 fully saturated rings. The van der Waals surface area contributed by atoms with Crippen molar-refractivity contribution in [1.29, 1.82) is 0 Å². The van der Waals surface area contributed by atoms with Crippen molar-refractivity contribution < 1.29 is 9.18 Å². The standard InChI is InChI=1S/C13H24FN5O/c1-4-13(17-16-11(3)10(2)14)19-7-5-18(6-8-19)9-12(15)20/h4,10-11H,5-9H2,1-3H3,(H2,15,20)/b13-4+,17-16-. The number of carbonyl (C=O) groups excluding carboxylic acids is 1. The van der Waals surface area contributed by atoms with Crippen LogP contribution >= 0.6 is 0 Å². The van der Waals surface area contributed by atoms with Gasteiger partial charge >= 0.3 is 0 Å². The van der Waals surface area contributed by atoms with E-state index in [2.05, 4.69) is 15.1 Å². The summed E-state index contributed by atoms with van der Waals surface area (Å²) < 4.78 is 13.0. The molecule has 0 saturated carbocycles. The highest BCUT2D eigenvalue weighted by atomic mass is 19.1. The van der Waals surface area contributed by atoms with E-state index in [1.165, 1.54) is 6.92 Å². The number of alkyl halides is 1. The number of hydrogen-bond acceptors (Lipinski definition) is 5. The van der Waals surface area contributed by atoms with E-state index in [4.69, 9.17) is 5.73 Å². The third kappa shape index (κ3) is 5.24. The molecule has 0 aromatic carbocycles. The molecule has 114 valence electrons. The average Bonchev–Trinajstić information content (AvgIpc) is 2.40. The van der Waals surface area contributed by atoms with Crippen LogP contribution in [-0.2, 0) is 4.79 Å². The first-order valence-corrected chi connectivity index (χ1v) is 6.91. The van der Waals surface area contributed by atoms with Gasteiger partial charge in [0.05, 0.1) is 12.6 Å². The van der Waals surface area contributed by atoms with Gasteiger partial charge in [-0.1, -0.05) is 0 Å². The number of nitrogens with zero attached hydrogens (tertiary/aromatic N) is 4. The van der Waals surface area contributed by atoms with E-state index in [9.17, 15) is 9.18 Å². The zero-order chi connectivity index (χ0) is 15.1. The van der Waals surface area contributed by atoms with Crippen LogP contribution in [0.25, 0.3) is 0 Å². The number of rotatable bonds is 6. The Morgan fingerprint density at radius 3 is 2.40 bits per heavy atom. The highest BCUT2D eigenvalue weighted by molar-refractivity contribution is 5.75. The minimum absolute atomic E-state index is 0.289. The van der Waals surface area contributed by atoms with E-state index >= 15 is 0 Å². The molecule has 1 heterocycles. The molecule has 20 heavy (non-hydrogen) atoms. The Labute approximate surface area is 119 Å². The lowest BCUT2D eigenvalue weighted by Gasteiger charge is -2.35. The van der Waals surface area contributed by atoms with E-state index in [1.54, 1.807) is 6.92 Å². The number of hydrogen-bond donors (Lipinski definition) is 1. The predicted octanol–water partition coefficient (Wildman–Crippen LogP) is 1.15. The van der Waals surface area contributed by atoms with Gasteiger partial charge in [0.25, 0.3) is 0 Å². The Hall–Kier alpha value is -1.50. The van der Waals surface area contributed by atoms with E-state index in [-0.39, 0.29) is 12.5 Å². The molecule has 1 aliphatic rings. The maximum atomic E-state index is 13.0. The lowest BCUT2D eigenvalue weighted by Crippen LogP contribution is -2.48. The first kappa shape index (κ1) is 16.6.